The number of nitrogens with one attached hydrogen (secondary N) is 1. The van der Waals surface area contributed by atoms with Gasteiger partial charge >= 0.3 is 5.97 Å². The number of esters is 1. The molecule has 8 rings (SSSR count). The minimum atomic E-state index is -0.553. The molecular weight excluding hydrogens is 654 g/mol. The SMILES string of the molecule is COC(=O)c1cccc2c1CC1(CCN(Cc3ccccc3)CC1)C2O.O=C(NO)c1cccc2c1CC1(CCN(Cc3ccccc3)CC1)C2O. The van der Waals surface area contributed by atoms with Crippen molar-refractivity contribution in [3.05, 3.63) is 142 Å². The van der Waals surface area contributed by atoms with E-state index in [1.54, 1.807) is 23.7 Å². The van der Waals surface area contributed by atoms with E-state index >= 15 is 0 Å². The zero-order valence-electron chi connectivity index (χ0n) is 29.8. The zero-order chi connectivity index (χ0) is 36.3. The number of hydroxylamine groups is 1. The maximum absolute atomic E-state index is 12.1. The minimum absolute atomic E-state index is 0.153. The maximum atomic E-state index is 12.1. The molecule has 2 heterocycles. The van der Waals surface area contributed by atoms with Gasteiger partial charge in [0, 0.05) is 29.5 Å². The van der Waals surface area contributed by atoms with E-state index in [-0.39, 0.29) is 16.8 Å². The predicted molar refractivity (Wildman–Crippen MR) is 198 cm³/mol. The molecule has 2 spiro atoms. The Kier molecular flexibility index (Phi) is 10.6. The summed E-state index contributed by atoms with van der Waals surface area (Å²) in [5.74, 6) is -0.819. The van der Waals surface area contributed by atoms with Crippen molar-refractivity contribution in [3.8, 4) is 0 Å². The molecule has 2 atom stereocenters. The van der Waals surface area contributed by atoms with Crippen molar-refractivity contribution in [2.75, 3.05) is 33.3 Å². The van der Waals surface area contributed by atoms with E-state index in [0.717, 1.165) is 93.6 Å². The maximum Gasteiger partial charge on any atom is 0.338 e. The first-order chi connectivity index (χ1) is 25.3. The van der Waals surface area contributed by atoms with Crippen LogP contribution >= 0.6 is 0 Å². The first kappa shape index (κ1) is 36.0. The first-order valence-corrected chi connectivity index (χ1v) is 18.4. The number of benzene rings is 4. The summed E-state index contributed by atoms with van der Waals surface area (Å²) in [5, 5.41) is 31.0. The van der Waals surface area contributed by atoms with Gasteiger partial charge in [0.2, 0.25) is 0 Å². The van der Waals surface area contributed by atoms with Gasteiger partial charge in [-0.1, -0.05) is 84.9 Å². The fraction of sp³-hybridized carbons (Fsp3) is 0.395. The fourth-order valence-electron chi connectivity index (χ4n) is 9.14. The Labute approximate surface area is 305 Å². The highest BCUT2D eigenvalue weighted by molar-refractivity contribution is 5.95. The zero-order valence-corrected chi connectivity index (χ0v) is 29.8. The molecule has 2 saturated heterocycles. The van der Waals surface area contributed by atoms with Crippen LogP contribution in [0.4, 0.5) is 0 Å². The molecule has 0 bridgehead atoms. The third-order valence-electron chi connectivity index (χ3n) is 12.2. The molecule has 4 aromatic carbocycles. The molecule has 4 N–H and O–H groups in total. The molecule has 1 amide bonds. The van der Waals surface area contributed by atoms with Gasteiger partial charge in [0.15, 0.2) is 0 Å². The van der Waals surface area contributed by atoms with Gasteiger partial charge in [0.25, 0.3) is 5.91 Å². The summed E-state index contributed by atoms with van der Waals surface area (Å²) in [4.78, 5) is 28.9. The Morgan fingerprint density at radius 1 is 0.654 bits per heavy atom. The number of methoxy groups -OCH3 is 1. The number of aliphatic hydroxyl groups excluding tert-OH is 2. The molecule has 52 heavy (non-hydrogen) atoms. The summed E-state index contributed by atoms with van der Waals surface area (Å²) in [6, 6.07) is 31.9. The van der Waals surface area contributed by atoms with Crippen molar-refractivity contribution < 1.29 is 29.7 Å². The summed E-state index contributed by atoms with van der Waals surface area (Å²) in [6.07, 6.45) is 4.07. The van der Waals surface area contributed by atoms with Crippen molar-refractivity contribution >= 4 is 11.9 Å². The van der Waals surface area contributed by atoms with Gasteiger partial charge < -0.3 is 14.9 Å². The van der Waals surface area contributed by atoms with Crippen molar-refractivity contribution in [2.45, 2.75) is 63.8 Å². The lowest BCUT2D eigenvalue weighted by Gasteiger charge is -2.41. The molecule has 0 radical (unpaired) electrons. The summed E-state index contributed by atoms with van der Waals surface area (Å²) >= 11 is 0. The predicted octanol–water partition coefficient (Wildman–Crippen LogP) is 6.02. The Morgan fingerprint density at radius 2 is 1.08 bits per heavy atom. The van der Waals surface area contributed by atoms with Gasteiger partial charge in [0.1, 0.15) is 0 Å². The molecule has 2 unspecified atom stereocenters. The van der Waals surface area contributed by atoms with Crippen molar-refractivity contribution in [3.63, 3.8) is 0 Å². The minimum Gasteiger partial charge on any atom is -0.465 e. The topological polar surface area (TPSA) is 123 Å². The Bertz CT molecular complexity index is 1730. The molecular formula is C43H49N3O6. The van der Waals surface area contributed by atoms with Gasteiger partial charge in [-0.25, -0.2) is 10.3 Å². The third-order valence-corrected chi connectivity index (χ3v) is 12.2. The Hall–Kier alpha value is -4.38. The highest BCUT2D eigenvalue weighted by atomic mass is 16.5. The second kappa shape index (κ2) is 15.3. The van der Waals surface area contributed by atoms with Crippen LogP contribution in [0.1, 0.15) is 92.0 Å². The standard InChI is InChI=1S/C22H25NO3.C21H24N2O3/c1-26-21(25)18-9-5-8-17-19(18)14-22(20(17)24)10-12-23(13-11-22)15-16-6-3-2-4-7-16;24-19-16-7-4-8-17(20(25)22-26)18(16)13-21(19)9-11-23(12-10-21)14-15-5-2-1-3-6-15/h2-9,20,24H,10-15H2,1H3;1-8,19,24,26H,9-14H2,(H,22,25). The van der Waals surface area contributed by atoms with Crippen LogP contribution in [0.25, 0.3) is 0 Å². The van der Waals surface area contributed by atoms with Crippen LogP contribution in [-0.4, -0.2) is 70.4 Å². The van der Waals surface area contributed by atoms with Crippen LogP contribution in [0.2, 0.25) is 0 Å². The lowest BCUT2D eigenvalue weighted by Crippen LogP contribution is -2.42. The lowest BCUT2D eigenvalue weighted by atomic mass is 9.74. The number of ether oxygens (including phenoxy) is 1. The van der Waals surface area contributed by atoms with E-state index in [0.29, 0.717) is 17.5 Å². The van der Waals surface area contributed by atoms with Crippen LogP contribution < -0.4 is 5.48 Å². The summed E-state index contributed by atoms with van der Waals surface area (Å²) in [7, 11) is 1.41. The van der Waals surface area contributed by atoms with Crippen molar-refractivity contribution in [1.29, 1.82) is 0 Å². The molecule has 9 nitrogen and oxygen atoms in total. The number of nitrogens with zero attached hydrogens (tertiary/aromatic N) is 2. The second-order valence-electron chi connectivity index (χ2n) is 15.1. The summed E-state index contributed by atoms with van der Waals surface area (Å²) < 4.78 is 4.93. The quantitative estimate of drug-likeness (QED) is 0.109. The number of fused-ring (bicyclic) bond motifs is 2. The van der Waals surface area contributed by atoms with Crippen LogP contribution in [0.5, 0.6) is 0 Å². The number of aliphatic hydroxyl groups is 2. The van der Waals surface area contributed by atoms with Crippen molar-refractivity contribution in [2.24, 2.45) is 10.8 Å². The summed E-state index contributed by atoms with van der Waals surface area (Å²) in [5.41, 5.74) is 8.66. The van der Waals surface area contributed by atoms with E-state index in [1.807, 2.05) is 30.3 Å². The molecule has 0 aromatic heterocycles. The first-order valence-electron chi connectivity index (χ1n) is 18.4. The average Bonchev–Trinajstić information content (AvgIpc) is 3.63. The molecule has 2 aliphatic heterocycles. The van der Waals surface area contributed by atoms with Gasteiger partial charge in [-0.3, -0.25) is 19.8 Å². The number of amides is 1. The van der Waals surface area contributed by atoms with Crippen LogP contribution in [0.3, 0.4) is 0 Å². The number of carbonyl (C=O) groups is 2. The monoisotopic (exact) mass is 703 g/mol. The van der Waals surface area contributed by atoms with Crippen LogP contribution in [-0.2, 0) is 30.7 Å². The van der Waals surface area contributed by atoms with Crippen LogP contribution in [0, 0.1) is 10.8 Å². The van der Waals surface area contributed by atoms with E-state index in [9.17, 15) is 19.8 Å². The Morgan fingerprint density at radius 3 is 1.50 bits per heavy atom. The molecule has 2 aliphatic carbocycles. The highest BCUT2D eigenvalue weighted by Gasteiger charge is 2.49. The number of carbonyl (C=O) groups excluding carboxylic acids is 2. The number of rotatable bonds is 6. The molecule has 4 aromatic rings. The highest BCUT2D eigenvalue weighted by Crippen LogP contribution is 2.54. The largest absolute Gasteiger partial charge is 0.465 e. The Balaban J connectivity index is 0.000000162. The average molecular weight is 704 g/mol. The van der Waals surface area contributed by atoms with E-state index in [2.05, 4.69) is 58.3 Å². The van der Waals surface area contributed by atoms with E-state index in [1.165, 1.54) is 18.2 Å². The molecule has 2 fully saturated rings. The van der Waals surface area contributed by atoms with E-state index in [4.69, 9.17) is 9.94 Å². The van der Waals surface area contributed by atoms with Crippen LogP contribution in [0.15, 0.2) is 97.1 Å². The molecule has 0 saturated carbocycles. The van der Waals surface area contributed by atoms with Gasteiger partial charge in [-0.05, 0) is 110 Å². The number of piperidine rings is 2. The molecule has 272 valence electrons. The number of likely N-dealkylation sites (tertiary alicyclic amines) is 2. The second-order valence-corrected chi connectivity index (χ2v) is 15.1. The molecule has 4 aliphatic rings. The number of hydrogen-bond acceptors (Lipinski definition) is 8. The summed E-state index contributed by atoms with van der Waals surface area (Å²) in [6.45, 7) is 5.68. The third kappa shape index (κ3) is 7.04. The smallest absolute Gasteiger partial charge is 0.338 e. The van der Waals surface area contributed by atoms with E-state index < -0.39 is 18.1 Å². The normalized spacial score (nSPS) is 21.5. The van der Waals surface area contributed by atoms with Crippen molar-refractivity contribution in [1.82, 2.24) is 15.3 Å². The molecule has 9 heteroatoms. The fourth-order valence-corrected chi connectivity index (χ4v) is 9.14. The lowest BCUT2D eigenvalue weighted by molar-refractivity contribution is -0.0140. The van der Waals surface area contributed by atoms with Gasteiger partial charge in [-0.15, -0.1) is 0 Å². The number of hydrogen-bond donors (Lipinski definition) is 4. The van der Waals surface area contributed by atoms with Gasteiger partial charge in [0.05, 0.1) is 24.9 Å². The van der Waals surface area contributed by atoms with Gasteiger partial charge in [-0.2, -0.15) is 0 Å².